The van der Waals surface area contributed by atoms with Gasteiger partial charge >= 0.3 is 0 Å². The monoisotopic (exact) mass is 340 g/mol. The predicted octanol–water partition coefficient (Wildman–Crippen LogP) is 0.198. The summed E-state index contributed by atoms with van der Waals surface area (Å²) in [5.74, 6) is 0.0319. The van der Waals surface area contributed by atoms with E-state index in [9.17, 15) is 13.2 Å². The SMILES string of the molecule is CC1(C)CN(C(=O)C(N)C2CCOCC2)CCS1(=O)=O.Cl. The van der Waals surface area contributed by atoms with E-state index in [0.717, 1.165) is 12.8 Å². The molecule has 1 atom stereocenters. The van der Waals surface area contributed by atoms with Gasteiger partial charge in [-0.2, -0.15) is 0 Å². The summed E-state index contributed by atoms with van der Waals surface area (Å²) in [6.07, 6.45) is 1.59. The lowest BCUT2D eigenvalue weighted by Crippen LogP contribution is -2.59. The lowest BCUT2D eigenvalue weighted by molar-refractivity contribution is -0.135. The highest BCUT2D eigenvalue weighted by molar-refractivity contribution is 7.92. The van der Waals surface area contributed by atoms with E-state index in [1.54, 1.807) is 18.7 Å². The summed E-state index contributed by atoms with van der Waals surface area (Å²) in [4.78, 5) is 14.1. The van der Waals surface area contributed by atoms with Gasteiger partial charge in [0, 0.05) is 26.3 Å². The van der Waals surface area contributed by atoms with Crippen molar-refractivity contribution in [3.8, 4) is 0 Å². The van der Waals surface area contributed by atoms with Crippen LogP contribution in [0.2, 0.25) is 0 Å². The van der Waals surface area contributed by atoms with Crippen molar-refractivity contribution in [3.05, 3.63) is 0 Å². The second kappa shape index (κ2) is 6.81. The summed E-state index contributed by atoms with van der Waals surface area (Å²) >= 11 is 0. The number of nitrogens with two attached hydrogens (primary N) is 1. The van der Waals surface area contributed by atoms with Crippen LogP contribution in [0.4, 0.5) is 0 Å². The van der Waals surface area contributed by atoms with Gasteiger partial charge in [-0.15, -0.1) is 12.4 Å². The van der Waals surface area contributed by atoms with Crippen LogP contribution in [0.25, 0.3) is 0 Å². The Bertz CT molecular complexity index is 475. The van der Waals surface area contributed by atoms with Gasteiger partial charge in [-0.1, -0.05) is 0 Å². The Labute approximate surface area is 132 Å². The molecule has 2 saturated heterocycles. The molecule has 1 amide bonds. The molecule has 0 aromatic carbocycles. The summed E-state index contributed by atoms with van der Waals surface area (Å²) in [5.41, 5.74) is 6.08. The van der Waals surface area contributed by atoms with Crippen molar-refractivity contribution in [3.63, 3.8) is 0 Å². The Kier molecular flexibility index (Phi) is 6.06. The lowest BCUT2D eigenvalue weighted by Gasteiger charge is -2.39. The van der Waals surface area contributed by atoms with E-state index < -0.39 is 20.6 Å². The van der Waals surface area contributed by atoms with Crippen LogP contribution in [0, 0.1) is 5.92 Å². The van der Waals surface area contributed by atoms with Crippen LogP contribution in [0.15, 0.2) is 0 Å². The third kappa shape index (κ3) is 3.88. The molecule has 2 fully saturated rings. The Morgan fingerprint density at radius 3 is 2.43 bits per heavy atom. The minimum Gasteiger partial charge on any atom is -0.381 e. The van der Waals surface area contributed by atoms with E-state index in [1.807, 2.05) is 0 Å². The lowest BCUT2D eigenvalue weighted by atomic mass is 9.91. The maximum absolute atomic E-state index is 12.5. The number of hydrogen-bond acceptors (Lipinski definition) is 5. The van der Waals surface area contributed by atoms with Crippen LogP contribution >= 0.6 is 12.4 Å². The quantitative estimate of drug-likeness (QED) is 0.775. The van der Waals surface area contributed by atoms with Crippen molar-refractivity contribution in [2.75, 3.05) is 32.1 Å². The molecule has 6 nitrogen and oxygen atoms in total. The maximum atomic E-state index is 12.5. The molecule has 2 aliphatic heterocycles. The molecule has 0 aromatic heterocycles. The Morgan fingerprint density at radius 1 is 1.33 bits per heavy atom. The highest BCUT2D eigenvalue weighted by Gasteiger charge is 2.43. The highest BCUT2D eigenvalue weighted by atomic mass is 35.5. The number of carbonyl (C=O) groups is 1. The zero-order valence-corrected chi connectivity index (χ0v) is 14.2. The van der Waals surface area contributed by atoms with Crippen molar-refractivity contribution < 1.29 is 17.9 Å². The minimum absolute atomic E-state index is 0. The van der Waals surface area contributed by atoms with Gasteiger partial charge in [0.1, 0.15) is 0 Å². The summed E-state index contributed by atoms with van der Waals surface area (Å²) in [6.45, 7) is 5.10. The van der Waals surface area contributed by atoms with E-state index in [1.165, 1.54) is 0 Å². The number of hydrogen-bond donors (Lipinski definition) is 1. The number of halogens is 1. The molecule has 0 aromatic rings. The smallest absolute Gasteiger partial charge is 0.239 e. The molecule has 0 radical (unpaired) electrons. The Morgan fingerprint density at radius 2 is 1.90 bits per heavy atom. The van der Waals surface area contributed by atoms with Crippen LogP contribution in [0.3, 0.4) is 0 Å². The summed E-state index contributed by atoms with van der Waals surface area (Å²) in [5, 5.41) is 0. The Hall–Kier alpha value is -0.370. The van der Waals surface area contributed by atoms with Crippen molar-refractivity contribution >= 4 is 28.2 Å². The number of sulfone groups is 1. The summed E-state index contributed by atoms with van der Waals surface area (Å²) < 4.78 is 28.3. The molecular formula is C13H25ClN2O4S. The number of nitrogens with zero attached hydrogens (tertiary/aromatic N) is 1. The molecule has 2 heterocycles. The molecule has 0 bridgehead atoms. The van der Waals surface area contributed by atoms with E-state index in [0.29, 0.717) is 13.2 Å². The van der Waals surface area contributed by atoms with E-state index in [4.69, 9.17) is 10.5 Å². The van der Waals surface area contributed by atoms with E-state index in [-0.39, 0.29) is 43.1 Å². The van der Waals surface area contributed by atoms with Crippen LogP contribution in [-0.2, 0) is 19.4 Å². The standard InChI is InChI=1S/C13H24N2O4S.ClH/c1-13(2)9-15(5-8-20(13,17)18)12(16)11(14)10-3-6-19-7-4-10;/h10-11H,3-9,14H2,1-2H3;1H. The molecular weight excluding hydrogens is 316 g/mol. The average molecular weight is 341 g/mol. The second-order valence-corrected chi connectivity index (χ2v) is 9.06. The number of carbonyl (C=O) groups excluding carboxylic acids is 1. The molecule has 2 N–H and O–H groups in total. The molecule has 0 spiro atoms. The first kappa shape index (κ1) is 18.7. The molecule has 2 rings (SSSR count). The third-order valence-electron chi connectivity index (χ3n) is 4.41. The molecule has 1 unspecified atom stereocenters. The fourth-order valence-corrected chi connectivity index (χ4v) is 4.19. The molecule has 21 heavy (non-hydrogen) atoms. The summed E-state index contributed by atoms with van der Waals surface area (Å²) in [7, 11) is -3.13. The van der Waals surface area contributed by atoms with Gasteiger partial charge in [-0.3, -0.25) is 4.79 Å². The van der Waals surface area contributed by atoms with Gasteiger partial charge < -0.3 is 15.4 Å². The molecule has 0 saturated carbocycles. The van der Waals surface area contributed by atoms with Crippen LogP contribution in [-0.4, -0.2) is 62.1 Å². The van der Waals surface area contributed by atoms with Gasteiger partial charge in [-0.25, -0.2) is 8.42 Å². The van der Waals surface area contributed by atoms with Crippen LogP contribution < -0.4 is 5.73 Å². The first-order chi connectivity index (χ1) is 9.24. The van der Waals surface area contributed by atoms with E-state index >= 15 is 0 Å². The zero-order chi connectivity index (χ0) is 15.0. The third-order valence-corrected chi connectivity index (χ3v) is 6.95. The van der Waals surface area contributed by atoms with Gasteiger partial charge in [0.25, 0.3) is 0 Å². The topological polar surface area (TPSA) is 89.7 Å². The predicted molar refractivity (Wildman–Crippen MR) is 83.2 cm³/mol. The summed E-state index contributed by atoms with van der Waals surface area (Å²) in [6, 6.07) is -0.546. The van der Waals surface area contributed by atoms with Gasteiger partial charge in [0.05, 0.1) is 16.5 Å². The van der Waals surface area contributed by atoms with Crippen LogP contribution in [0.5, 0.6) is 0 Å². The normalized spacial score (nSPS) is 26.7. The zero-order valence-electron chi connectivity index (χ0n) is 12.6. The fourth-order valence-electron chi connectivity index (χ4n) is 2.82. The van der Waals surface area contributed by atoms with Gasteiger partial charge in [0.15, 0.2) is 9.84 Å². The first-order valence-corrected chi connectivity index (χ1v) is 8.74. The van der Waals surface area contributed by atoms with Crippen molar-refractivity contribution in [2.45, 2.75) is 37.5 Å². The van der Waals surface area contributed by atoms with Crippen LogP contribution in [0.1, 0.15) is 26.7 Å². The number of amides is 1. The minimum atomic E-state index is -3.13. The van der Waals surface area contributed by atoms with E-state index in [2.05, 4.69) is 0 Å². The maximum Gasteiger partial charge on any atom is 0.239 e. The second-order valence-electron chi connectivity index (χ2n) is 6.31. The first-order valence-electron chi connectivity index (χ1n) is 7.09. The number of ether oxygens (including phenoxy) is 1. The highest BCUT2D eigenvalue weighted by Crippen LogP contribution is 2.26. The molecule has 8 heteroatoms. The molecule has 124 valence electrons. The number of rotatable bonds is 2. The van der Waals surface area contributed by atoms with Crippen molar-refractivity contribution in [1.29, 1.82) is 0 Å². The largest absolute Gasteiger partial charge is 0.381 e. The molecule has 2 aliphatic rings. The van der Waals surface area contributed by atoms with Crippen molar-refractivity contribution in [2.24, 2.45) is 11.7 Å². The fraction of sp³-hybridized carbons (Fsp3) is 0.923. The molecule has 0 aliphatic carbocycles. The van der Waals surface area contributed by atoms with Gasteiger partial charge in [0.2, 0.25) is 5.91 Å². The average Bonchev–Trinajstić information content (AvgIpc) is 2.41. The van der Waals surface area contributed by atoms with Crippen molar-refractivity contribution in [1.82, 2.24) is 4.90 Å². The van der Waals surface area contributed by atoms with Gasteiger partial charge in [-0.05, 0) is 32.6 Å². The Balaban J connectivity index is 0.00000220.